The highest BCUT2D eigenvalue weighted by Gasteiger charge is 2.19. The van der Waals surface area contributed by atoms with Crippen LogP contribution in [0.5, 0.6) is 11.6 Å². The maximum absolute atomic E-state index is 5.73. The number of para-hydroxylation sites is 1. The van der Waals surface area contributed by atoms with Crippen LogP contribution in [0.15, 0.2) is 83.0 Å². The zero-order chi connectivity index (χ0) is 15.5. The van der Waals surface area contributed by atoms with Gasteiger partial charge in [0.25, 0.3) is 0 Å². The first kappa shape index (κ1) is 13.8. The van der Waals surface area contributed by atoms with E-state index in [1.54, 1.807) is 0 Å². The lowest BCUT2D eigenvalue weighted by molar-refractivity contribution is 0.463. The first-order chi connectivity index (χ1) is 11.4. The fraction of sp³-hybridized carbons (Fsp3) is 0. The number of allylic oxidation sites excluding steroid dienone is 2. The number of ether oxygens (including phenoxy) is 1. The molecule has 0 saturated heterocycles. The summed E-state index contributed by atoms with van der Waals surface area (Å²) in [5, 5.41) is 1.95. The molecule has 5 heteroatoms. The second kappa shape index (κ2) is 6.14. The number of hydrogen-bond donors (Lipinski definition) is 0. The molecule has 2 aliphatic rings. The first-order valence-corrected chi connectivity index (χ1v) is 8.01. The minimum absolute atomic E-state index is 0.573. The zero-order valence-corrected chi connectivity index (χ0v) is 13.0. The molecule has 0 amide bonds. The summed E-state index contributed by atoms with van der Waals surface area (Å²) in [6.45, 7) is 0. The van der Waals surface area contributed by atoms with Gasteiger partial charge in [-0.25, -0.2) is 4.98 Å². The predicted molar refractivity (Wildman–Crippen MR) is 93.9 cm³/mol. The van der Waals surface area contributed by atoms with E-state index in [0.717, 1.165) is 22.7 Å². The lowest BCUT2D eigenvalue weighted by Gasteiger charge is -2.25. The number of fused-ring (bicyclic) bond motifs is 1. The van der Waals surface area contributed by atoms with Crippen molar-refractivity contribution in [3.63, 3.8) is 0 Å². The molecule has 0 atom stereocenters. The van der Waals surface area contributed by atoms with Crippen LogP contribution in [0.3, 0.4) is 0 Å². The molecule has 2 aromatic rings. The molecule has 0 radical (unpaired) electrons. The van der Waals surface area contributed by atoms with Crippen LogP contribution in [0.4, 0.5) is 0 Å². The van der Waals surface area contributed by atoms with E-state index >= 15 is 0 Å². The summed E-state index contributed by atoms with van der Waals surface area (Å²) in [6, 6.07) is 13.5. The quantitative estimate of drug-likeness (QED) is 0.774. The van der Waals surface area contributed by atoms with Gasteiger partial charge in [0.2, 0.25) is 5.88 Å². The molecule has 4 nitrogen and oxygen atoms in total. The van der Waals surface area contributed by atoms with Gasteiger partial charge in [0.1, 0.15) is 5.75 Å². The molecule has 0 fully saturated rings. The highest BCUT2D eigenvalue weighted by molar-refractivity contribution is 8.01. The molecular formula is C18H13N3OS. The summed E-state index contributed by atoms with van der Waals surface area (Å²) in [6.07, 6.45) is 9.84. The van der Waals surface area contributed by atoms with E-state index in [1.807, 2.05) is 83.5 Å². The normalized spacial score (nSPS) is 15.7. The average molecular weight is 319 g/mol. The van der Waals surface area contributed by atoms with Crippen LogP contribution in [-0.2, 0) is 0 Å². The third kappa shape index (κ3) is 2.91. The Kier molecular flexibility index (Phi) is 3.70. The summed E-state index contributed by atoms with van der Waals surface area (Å²) in [5.41, 5.74) is 2.05. The second-order valence-corrected chi connectivity index (χ2v) is 5.60. The van der Waals surface area contributed by atoms with Gasteiger partial charge in [0.15, 0.2) is 5.84 Å². The summed E-state index contributed by atoms with van der Waals surface area (Å²) < 4.78 is 10.2. The SMILES string of the molecule is C1=CN2C=CSN=C2C(c2ccc(Oc3ccccc3)nc2)=C1. The van der Waals surface area contributed by atoms with Gasteiger partial charge in [0.05, 0.1) is 0 Å². The van der Waals surface area contributed by atoms with E-state index in [2.05, 4.69) is 9.38 Å². The lowest BCUT2D eigenvalue weighted by Crippen LogP contribution is -2.24. The molecule has 1 aromatic carbocycles. The van der Waals surface area contributed by atoms with Gasteiger partial charge in [-0.1, -0.05) is 18.2 Å². The predicted octanol–water partition coefficient (Wildman–Crippen LogP) is 4.62. The number of pyridine rings is 1. The molecule has 4 rings (SSSR count). The number of hydrogen-bond acceptors (Lipinski definition) is 5. The standard InChI is InChI=1S/C18H13N3OS/c1-2-5-15(6-3-1)22-17-9-8-14(13-19-17)16-7-4-10-21-11-12-23-20-18(16)21/h1-13H. The molecule has 0 N–H and O–H groups in total. The summed E-state index contributed by atoms with van der Waals surface area (Å²) >= 11 is 1.43. The Morgan fingerprint density at radius 2 is 1.91 bits per heavy atom. The molecule has 3 heterocycles. The van der Waals surface area contributed by atoms with Gasteiger partial charge in [0, 0.05) is 53.2 Å². The van der Waals surface area contributed by atoms with Crippen LogP contribution in [0.25, 0.3) is 5.57 Å². The number of amidine groups is 1. The number of nitrogens with zero attached hydrogens (tertiary/aromatic N) is 3. The Morgan fingerprint density at radius 3 is 2.74 bits per heavy atom. The highest BCUT2D eigenvalue weighted by atomic mass is 32.2. The number of aromatic nitrogens is 1. The van der Waals surface area contributed by atoms with Crippen LogP contribution in [0, 0.1) is 0 Å². The fourth-order valence-corrected chi connectivity index (χ4v) is 2.88. The molecule has 1 aromatic heterocycles. The van der Waals surface area contributed by atoms with Crippen LogP contribution in [0.1, 0.15) is 5.56 Å². The molecule has 0 aliphatic carbocycles. The molecule has 0 bridgehead atoms. The van der Waals surface area contributed by atoms with Gasteiger partial charge in [-0.3, -0.25) is 0 Å². The lowest BCUT2D eigenvalue weighted by atomic mass is 10.0. The van der Waals surface area contributed by atoms with Gasteiger partial charge >= 0.3 is 0 Å². The Labute approximate surface area is 138 Å². The molecule has 112 valence electrons. The van der Waals surface area contributed by atoms with Crippen molar-refractivity contribution in [2.75, 3.05) is 0 Å². The average Bonchev–Trinajstić information content (AvgIpc) is 2.63. The number of benzene rings is 1. The number of rotatable bonds is 3. The minimum atomic E-state index is 0.573. The smallest absolute Gasteiger partial charge is 0.219 e. The van der Waals surface area contributed by atoms with E-state index in [9.17, 15) is 0 Å². The Bertz CT molecular complexity index is 823. The molecule has 0 spiro atoms. The van der Waals surface area contributed by atoms with Crippen molar-refractivity contribution >= 4 is 23.4 Å². The van der Waals surface area contributed by atoms with Crippen LogP contribution >= 0.6 is 11.9 Å². The summed E-state index contributed by atoms with van der Waals surface area (Å²) in [5.74, 6) is 2.26. The molecular weight excluding hydrogens is 306 g/mol. The van der Waals surface area contributed by atoms with Crippen molar-refractivity contribution in [3.8, 4) is 11.6 Å². The maximum Gasteiger partial charge on any atom is 0.219 e. The van der Waals surface area contributed by atoms with Crippen molar-refractivity contribution in [3.05, 3.63) is 84.2 Å². The van der Waals surface area contributed by atoms with E-state index in [0.29, 0.717) is 5.88 Å². The topological polar surface area (TPSA) is 37.7 Å². The van der Waals surface area contributed by atoms with Gasteiger partial charge in [-0.2, -0.15) is 4.40 Å². The van der Waals surface area contributed by atoms with Crippen molar-refractivity contribution in [2.45, 2.75) is 0 Å². The Morgan fingerprint density at radius 1 is 1.00 bits per heavy atom. The minimum Gasteiger partial charge on any atom is -0.439 e. The van der Waals surface area contributed by atoms with E-state index in [1.165, 1.54) is 11.9 Å². The van der Waals surface area contributed by atoms with Gasteiger partial charge in [-0.05, 0) is 30.4 Å². The fourth-order valence-electron chi connectivity index (χ4n) is 2.34. The highest BCUT2D eigenvalue weighted by Crippen LogP contribution is 2.28. The van der Waals surface area contributed by atoms with Crippen LogP contribution in [-0.4, -0.2) is 15.7 Å². The third-order valence-electron chi connectivity index (χ3n) is 3.43. The van der Waals surface area contributed by atoms with Crippen molar-refractivity contribution in [2.24, 2.45) is 4.40 Å². The molecule has 23 heavy (non-hydrogen) atoms. The van der Waals surface area contributed by atoms with Crippen molar-refractivity contribution < 1.29 is 4.74 Å². The Balaban J connectivity index is 1.58. The Hall–Kier alpha value is -2.79. The summed E-state index contributed by atoms with van der Waals surface area (Å²) in [4.78, 5) is 6.40. The van der Waals surface area contributed by atoms with E-state index in [-0.39, 0.29) is 0 Å². The van der Waals surface area contributed by atoms with E-state index in [4.69, 9.17) is 4.74 Å². The largest absolute Gasteiger partial charge is 0.439 e. The molecule has 0 unspecified atom stereocenters. The van der Waals surface area contributed by atoms with Gasteiger partial charge < -0.3 is 9.64 Å². The maximum atomic E-state index is 5.73. The second-order valence-electron chi connectivity index (χ2n) is 4.93. The zero-order valence-electron chi connectivity index (χ0n) is 12.2. The molecule has 0 saturated carbocycles. The van der Waals surface area contributed by atoms with Gasteiger partial charge in [-0.15, -0.1) is 0 Å². The first-order valence-electron chi connectivity index (χ1n) is 7.17. The van der Waals surface area contributed by atoms with Crippen molar-refractivity contribution in [1.29, 1.82) is 0 Å². The van der Waals surface area contributed by atoms with Crippen LogP contribution in [0.2, 0.25) is 0 Å². The van der Waals surface area contributed by atoms with Crippen LogP contribution < -0.4 is 4.74 Å². The third-order valence-corrected chi connectivity index (χ3v) is 3.95. The van der Waals surface area contributed by atoms with E-state index < -0.39 is 0 Å². The molecule has 2 aliphatic heterocycles. The van der Waals surface area contributed by atoms with Crippen molar-refractivity contribution in [1.82, 2.24) is 9.88 Å². The summed E-state index contributed by atoms with van der Waals surface area (Å²) in [7, 11) is 0. The monoisotopic (exact) mass is 319 g/mol.